The third kappa shape index (κ3) is 3.02. The van der Waals surface area contributed by atoms with Crippen molar-refractivity contribution in [1.29, 1.82) is 0 Å². The first-order chi connectivity index (χ1) is 10.1. The Morgan fingerprint density at radius 2 is 2.14 bits per heavy atom. The average molecular weight is 283 g/mol. The van der Waals surface area contributed by atoms with Gasteiger partial charge in [-0.05, 0) is 44.0 Å². The smallest absolute Gasteiger partial charge is 0.260 e. The van der Waals surface area contributed by atoms with E-state index in [9.17, 15) is 9.59 Å². The molecule has 0 atom stereocenters. The predicted molar refractivity (Wildman–Crippen MR) is 78.9 cm³/mol. The van der Waals surface area contributed by atoms with Gasteiger partial charge in [0, 0.05) is 17.9 Å². The van der Waals surface area contributed by atoms with Crippen molar-refractivity contribution >= 4 is 5.91 Å². The SMILES string of the molecule is Cc1ccc(C(=O)N(Cc2ccccn2)C2CC2)c(=O)[nH]1. The zero-order valence-corrected chi connectivity index (χ0v) is 11.9. The summed E-state index contributed by atoms with van der Waals surface area (Å²) in [7, 11) is 0. The molecule has 5 heteroatoms. The maximum atomic E-state index is 12.6. The average Bonchev–Trinajstić information content (AvgIpc) is 3.30. The molecule has 1 aliphatic carbocycles. The van der Waals surface area contributed by atoms with Crippen molar-refractivity contribution in [2.45, 2.75) is 32.4 Å². The molecule has 1 saturated carbocycles. The number of aromatic nitrogens is 2. The van der Waals surface area contributed by atoms with Crippen LogP contribution in [0, 0.1) is 6.92 Å². The van der Waals surface area contributed by atoms with Crippen molar-refractivity contribution in [3.63, 3.8) is 0 Å². The first kappa shape index (κ1) is 13.5. The number of amides is 1. The van der Waals surface area contributed by atoms with Crippen LogP contribution < -0.4 is 5.56 Å². The van der Waals surface area contributed by atoms with Crippen molar-refractivity contribution in [2.75, 3.05) is 0 Å². The highest BCUT2D eigenvalue weighted by Crippen LogP contribution is 2.29. The zero-order chi connectivity index (χ0) is 14.8. The van der Waals surface area contributed by atoms with Gasteiger partial charge in [0.05, 0.1) is 12.2 Å². The number of hydrogen-bond acceptors (Lipinski definition) is 3. The van der Waals surface area contributed by atoms with Crippen LogP contribution in [0.25, 0.3) is 0 Å². The normalized spacial score (nSPS) is 14.0. The van der Waals surface area contributed by atoms with E-state index in [1.165, 1.54) is 0 Å². The number of nitrogens with zero attached hydrogens (tertiary/aromatic N) is 2. The van der Waals surface area contributed by atoms with Gasteiger partial charge in [0.1, 0.15) is 5.56 Å². The fraction of sp³-hybridized carbons (Fsp3) is 0.312. The van der Waals surface area contributed by atoms with Gasteiger partial charge in [-0.3, -0.25) is 14.6 Å². The van der Waals surface area contributed by atoms with Crippen LogP contribution in [-0.4, -0.2) is 26.8 Å². The van der Waals surface area contributed by atoms with Crippen molar-refractivity contribution in [2.24, 2.45) is 0 Å². The van der Waals surface area contributed by atoms with Gasteiger partial charge in [-0.1, -0.05) is 6.07 Å². The van der Waals surface area contributed by atoms with Crippen LogP contribution in [0.15, 0.2) is 41.3 Å². The van der Waals surface area contributed by atoms with E-state index in [2.05, 4.69) is 9.97 Å². The van der Waals surface area contributed by atoms with E-state index in [0.29, 0.717) is 6.54 Å². The van der Waals surface area contributed by atoms with Crippen molar-refractivity contribution in [3.05, 3.63) is 63.8 Å². The number of carbonyl (C=O) groups is 1. The molecule has 0 unspecified atom stereocenters. The summed E-state index contributed by atoms with van der Waals surface area (Å²) in [6, 6.07) is 9.21. The summed E-state index contributed by atoms with van der Waals surface area (Å²) in [6.45, 7) is 2.24. The number of H-pyrrole nitrogens is 1. The summed E-state index contributed by atoms with van der Waals surface area (Å²) in [6.07, 6.45) is 3.69. The second-order valence-electron chi connectivity index (χ2n) is 5.37. The van der Waals surface area contributed by atoms with Crippen LogP contribution in [-0.2, 0) is 6.54 Å². The summed E-state index contributed by atoms with van der Waals surface area (Å²) in [5.74, 6) is -0.218. The van der Waals surface area contributed by atoms with Gasteiger partial charge in [0.15, 0.2) is 0 Å². The minimum absolute atomic E-state index is 0.198. The Balaban J connectivity index is 1.87. The number of carbonyl (C=O) groups excluding carboxylic acids is 1. The molecule has 21 heavy (non-hydrogen) atoms. The molecule has 0 spiro atoms. The maximum absolute atomic E-state index is 12.6. The largest absolute Gasteiger partial charge is 0.330 e. The third-order valence-corrected chi connectivity index (χ3v) is 3.59. The van der Waals surface area contributed by atoms with E-state index in [1.54, 1.807) is 30.2 Å². The van der Waals surface area contributed by atoms with Crippen LogP contribution >= 0.6 is 0 Å². The quantitative estimate of drug-likeness (QED) is 0.931. The van der Waals surface area contributed by atoms with E-state index in [1.807, 2.05) is 18.2 Å². The lowest BCUT2D eigenvalue weighted by atomic mass is 10.2. The molecular weight excluding hydrogens is 266 g/mol. The Hall–Kier alpha value is -2.43. The van der Waals surface area contributed by atoms with Crippen LogP contribution in [0.5, 0.6) is 0 Å². The molecule has 2 aromatic rings. The molecule has 5 nitrogen and oxygen atoms in total. The first-order valence-corrected chi connectivity index (χ1v) is 7.06. The summed E-state index contributed by atoms with van der Waals surface area (Å²) < 4.78 is 0. The lowest BCUT2D eigenvalue weighted by Gasteiger charge is -2.21. The molecule has 1 aliphatic rings. The minimum atomic E-state index is -0.327. The van der Waals surface area contributed by atoms with Gasteiger partial charge in [-0.15, -0.1) is 0 Å². The van der Waals surface area contributed by atoms with E-state index in [4.69, 9.17) is 0 Å². The minimum Gasteiger partial charge on any atom is -0.330 e. The van der Waals surface area contributed by atoms with Gasteiger partial charge in [0.25, 0.3) is 11.5 Å². The summed E-state index contributed by atoms with van der Waals surface area (Å²) >= 11 is 0. The molecule has 0 radical (unpaired) electrons. The van der Waals surface area contributed by atoms with Crippen LogP contribution in [0.1, 0.15) is 34.6 Å². The van der Waals surface area contributed by atoms with Gasteiger partial charge in [0.2, 0.25) is 0 Å². The Morgan fingerprint density at radius 3 is 2.76 bits per heavy atom. The second-order valence-corrected chi connectivity index (χ2v) is 5.37. The van der Waals surface area contributed by atoms with E-state index in [-0.39, 0.29) is 23.1 Å². The standard InChI is InChI=1S/C16H17N3O2/c1-11-5-8-14(15(20)18-11)16(21)19(13-6-7-13)10-12-4-2-3-9-17-12/h2-5,8-9,13H,6-7,10H2,1H3,(H,18,20). The third-order valence-electron chi connectivity index (χ3n) is 3.59. The maximum Gasteiger partial charge on any atom is 0.260 e. The first-order valence-electron chi connectivity index (χ1n) is 7.06. The number of aromatic amines is 1. The summed E-state index contributed by atoms with van der Waals surface area (Å²) in [4.78, 5) is 33.3. The van der Waals surface area contributed by atoms with Crippen molar-refractivity contribution in [1.82, 2.24) is 14.9 Å². The summed E-state index contributed by atoms with van der Waals surface area (Å²) in [5, 5.41) is 0. The highest BCUT2D eigenvalue weighted by atomic mass is 16.2. The van der Waals surface area contributed by atoms with Crippen LogP contribution in [0.2, 0.25) is 0 Å². The molecule has 2 aromatic heterocycles. The highest BCUT2D eigenvalue weighted by molar-refractivity contribution is 5.94. The van der Waals surface area contributed by atoms with Crippen LogP contribution in [0.4, 0.5) is 0 Å². The van der Waals surface area contributed by atoms with Gasteiger partial charge >= 0.3 is 0 Å². The Labute approximate surface area is 122 Å². The molecule has 0 aliphatic heterocycles. The molecule has 1 amide bonds. The molecule has 0 aromatic carbocycles. The molecule has 0 bridgehead atoms. The zero-order valence-electron chi connectivity index (χ0n) is 11.9. The molecular formula is C16H17N3O2. The molecule has 0 saturated heterocycles. The van der Waals surface area contributed by atoms with Gasteiger partial charge < -0.3 is 9.88 Å². The summed E-state index contributed by atoms with van der Waals surface area (Å²) in [5.41, 5.74) is 1.45. The molecule has 1 fully saturated rings. The predicted octanol–water partition coefficient (Wildman–Crippen LogP) is 1.88. The van der Waals surface area contributed by atoms with Gasteiger partial charge in [-0.2, -0.15) is 0 Å². The lowest BCUT2D eigenvalue weighted by Crippen LogP contribution is -2.36. The molecule has 2 heterocycles. The fourth-order valence-corrected chi connectivity index (χ4v) is 2.31. The Morgan fingerprint density at radius 1 is 1.33 bits per heavy atom. The molecule has 108 valence electrons. The van der Waals surface area contributed by atoms with E-state index in [0.717, 1.165) is 24.2 Å². The van der Waals surface area contributed by atoms with Crippen molar-refractivity contribution < 1.29 is 4.79 Å². The fourth-order valence-electron chi connectivity index (χ4n) is 2.31. The number of hydrogen-bond donors (Lipinski definition) is 1. The number of pyridine rings is 2. The van der Waals surface area contributed by atoms with Crippen molar-refractivity contribution in [3.8, 4) is 0 Å². The molecule has 1 N–H and O–H groups in total. The van der Waals surface area contributed by atoms with Gasteiger partial charge in [-0.25, -0.2) is 0 Å². The Bertz CT molecular complexity index is 705. The van der Waals surface area contributed by atoms with E-state index >= 15 is 0 Å². The van der Waals surface area contributed by atoms with Crippen LogP contribution in [0.3, 0.4) is 0 Å². The number of nitrogens with one attached hydrogen (secondary N) is 1. The van der Waals surface area contributed by atoms with E-state index < -0.39 is 0 Å². The highest BCUT2D eigenvalue weighted by Gasteiger charge is 2.34. The molecule has 3 rings (SSSR count). The Kier molecular flexibility index (Phi) is 3.56. The lowest BCUT2D eigenvalue weighted by molar-refractivity contribution is 0.0726. The topological polar surface area (TPSA) is 66.1 Å². The number of aryl methyl sites for hydroxylation is 1. The number of rotatable bonds is 4. The monoisotopic (exact) mass is 283 g/mol. The second kappa shape index (κ2) is 5.52.